The summed E-state index contributed by atoms with van der Waals surface area (Å²) in [5.74, 6) is 1.35. The maximum Gasteiger partial charge on any atom is 0.133 e. The third kappa shape index (κ3) is 6.07. The number of imidazole rings is 1. The molecule has 8 heteroatoms. The number of nitrogens with zero attached hydrogens (tertiary/aromatic N) is 4. The van der Waals surface area contributed by atoms with Gasteiger partial charge in [0.15, 0.2) is 0 Å². The molecule has 208 valence electrons. The Morgan fingerprint density at radius 3 is 2.52 bits per heavy atom. The number of aryl methyl sites for hydroxylation is 2. The number of anilines is 2. The first-order valence-corrected chi connectivity index (χ1v) is 13.2. The van der Waals surface area contributed by atoms with Crippen molar-refractivity contribution in [2.45, 2.75) is 13.8 Å². The number of allylic oxidation sites excluding steroid dienone is 2. The zero-order valence-electron chi connectivity index (χ0n) is 24.2. The third-order valence-corrected chi connectivity index (χ3v) is 6.98. The summed E-state index contributed by atoms with van der Waals surface area (Å²) in [7, 11) is 7.85. The van der Waals surface area contributed by atoms with E-state index >= 15 is 0 Å². The lowest BCUT2D eigenvalue weighted by Crippen LogP contribution is -2.20. The van der Waals surface area contributed by atoms with Crippen LogP contribution in [0.15, 0.2) is 68.0 Å². The zero-order valence-corrected chi connectivity index (χ0v) is 24.2. The van der Waals surface area contributed by atoms with Gasteiger partial charge in [-0.25, -0.2) is 14.4 Å². The van der Waals surface area contributed by atoms with Crippen molar-refractivity contribution in [1.29, 1.82) is 0 Å². The number of halogens is 1. The van der Waals surface area contributed by atoms with Crippen LogP contribution in [0, 0.1) is 19.7 Å². The van der Waals surface area contributed by atoms with Crippen LogP contribution in [-0.4, -0.2) is 58.7 Å². The molecule has 0 unspecified atom stereocenters. The fourth-order valence-corrected chi connectivity index (χ4v) is 4.68. The number of aromatic amines is 1. The minimum absolute atomic E-state index is 0.301. The van der Waals surface area contributed by atoms with Crippen LogP contribution >= 0.6 is 0 Å². The van der Waals surface area contributed by atoms with Crippen molar-refractivity contribution in [1.82, 2.24) is 24.4 Å². The third-order valence-electron chi connectivity index (χ3n) is 6.98. The first kappa shape index (κ1) is 28.6. The normalized spacial score (nSPS) is 11.7. The molecule has 40 heavy (non-hydrogen) atoms. The molecule has 4 rings (SSSR count). The minimum Gasteiger partial charge on any atom is -0.384 e. The molecule has 4 aromatic rings. The van der Waals surface area contributed by atoms with Gasteiger partial charge in [-0.15, -0.1) is 0 Å². The van der Waals surface area contributed by atoms with Gasteiger partial charge in [0.25, 0.3) is 0 Å². The number of hydrogen-bond acceptors (Lipinski definition) is 5. The topological polar surface area (TPSA) is 73.8 Å². The molecule has 3 heterocycles. The maximum atomic E-state index is 14.7. The lowest BCUT2D eigenvalue weighted by atomic mass is 9.96. The molecule has 3 aromatic heterocycles. The summed E-state index contributed by atoms with van der Waals surface area (Å²) in [6.45, 7) is 13.9. The highest BCUT2D eigenvalue weighted by molar-refractivity contribution is 5.89. The fourth-order valence-electron chi connectivity index (χ4n) is 4.68. The smallest absolute Gasteiger partial charge is 0.133 e. The average molecular weight is 540 g/mol. The van der Waals surface area contributed by atoms with E-state index in [-0.39, 0.29) is 5.82 Å². The summed E-state index contributed by atoms with van der Waals surface area (Å²) in [4.78, 5) is 14.7. The van der Waals surface area contributed by atoms with Crippen LogP contribution in [0.4, 0.5) is 15.9 Å². The highest BCUT2D eigenvalue weighted by Gasteiger charge is 2.18. The molecular formula is C32H38FN7. The number of aromatic nitrogens is 4. The first-order valence-electron chi connectivity index (χ1n) is 13.2. The molecule has 3 N–H and O–H groups in total. The van der Waals surface area contributed by atoms with Crippen LogP contribution in [0.3, 0.4) is 0 Å². The van der Waals surface area contributed by atoms with Gasteiger partial charge in [0, 0.05) is 72.7 Å². The van der Waals surface area contributed by atoms with Crippen LogP contribution in [0.1, 0.15) is 33.9 Å². The Bertz CT molecular complexity index is 1570. The highest BCUT2D eigenvalue weighted by atomic mass is 19.1. The molecule has 0 fully saturated rings. The summed E-state index contributed by atoms with van der Waals surface area (Å²) in [6, 6.07) is 9.17. The van der Waals surface area contributed by atoms with Gasteiger partial charge in [-0.1, -0.05) is 25.3 Å². The number of benzene rings is 1. The van der Waals surface area contributed by atoms with Crippen molar-refractivity contribution < 1.29 is 4.39 Å². The Kier molecular flexibility index (Phi) is 8.70. The molecule has 0 atom stereocenters. The highest BCUT2D eigenvalue weighted by Crippen LogP contribution is 2.35. The molecule has 0 saturated carbocycles. The largest absolute Gasteiger partial charge is 0.384 e. The SMILES string of the molecule is C=C/C=C(/c1cc(F)cc(NCCN(C)C)c1)c1cc(C(=C)c2cc(-c3cnc(C)n3C)cnc2NC)[nH]c1C. The van der Waals surface area contributed by atoms with E-state index < -0.39 is 0 Å². The second-order valence-corrected chi connectivity index (χ2v) is 10.1. The van der Waals surface area contributed by atoms with Crippen molar-refractivity contribution >= 4 is 22.7 Å². The van der Waals surface area contributed by atoms with E-state index in [1.165, 1.54) is 6.07 Å². The number of likely N-dealkylation sites (N-methyl/N-ethyl adjacent to an activating group) is 1. The molecule has 0 saturated heterocycles. The molecule has 0 aliphatic carbocycles. The number of pyridine rings is 1. The predicted molar refractivity (Wildman–Crippen MR) is 165 cm³/mol. The standard InChI is InChI=1S/C32H38FN7/c1-9-10-27(23-13-25(33)16-26(14-23)35-11-12-39(6)7)29-17-30(38-21(29)3)20(2)28-15-24(18-37-32(28)34-5)31-19-36-22(4)40(31)8/h9-10,13-19,35,38H,1-2,11-12H2,3-8H3,(H,34,37)/b27-10-. The van der Waals surface area contributed by atoms with Gasteiger partial charge in [0.05, 0.1) is 11.9 Å². The van der Waals surface area contributed by atoms with E-state index in [4.69, 9.17) is 0 Å². The van der Waals surface area contributed by atoms with E-state index in [1.807, 2.05) is 71.1 Å². The second kappa shape index (κ2) is 12.2. The minimum atomic E-state index is -0.301. The molecule has 0 radical (unpaired) electrons. The van der Waals surface area contributed by atoms with Crippen molar-refractivity contribution in [3.63, 3.8) is 0 Å². The van der Waals surface area contributed by atoms with Crippen LogP contribution in [0.2, 0.25) is 0 Å². The molecule has 7 nitrogen and oxygen atoms in total. The molecule has 0 aliphatic heterocycles. The van der Waals surface area contributed by atoms with E-state index in [0.717, 1.165) is 74.4 Å². The van der Waals surface area contributed by atoms with Crippen molar-refractivity contribution in [2.75, 3.05) is 44.9 Å². The van der Waals surface area contributed by atoms with E-state index in [9.17, 15) is 4.39 Å². The van der Waals surface area contributed by atoms with E-state index in [1.54, 1.807) is 12.1 Å². The fraction of sp³-hybridized carbons (Fsp3) is 0.250. The van der Waals surface area contributed by atoms with Crippen LogP contribution in [0.25, 0.3) is 22.4 Å². The maximum absolute atomic E-state index is 14.7. The molecule has 1 aromatic carbocycles. The Morgan fingerprint density at radius 2 is 1.88 bits per heavy atom. The Hall–Kier alpha value is -4.43. The molecule has 0 spiro atoms. The van der Waals surface area contributed by atoms with Gasteiger partial charge < -0.3 is 25.1 Å². The molecule has 0 bridgehead atoms. The van der Waals surface area contributed by atoms with E-state index in [0.29, 0.717) is 6.54 Å². The van der Waals surface area contributed by atoms with Gasteiger partial charge in [-0.3, -0.25) is 0 Å². The van der Waals surface area contributed by atoms with Gasteiger partial charge in [-0.05, 0) is 69.4 Å². The lowest BCUT2D eigenvalue weighted by molar-refractivity contribution is 0.425. The average Bonchev–Trinajstić information content (AvgIpc) is 3.47. The quantitative estimate of drug-likeness (QED) is 0.196. The zero-order chi connectivity index (χ0) is 29.0. The van der Waals surface area contributed by atoms with Crippen LogP contribution in [0.5, 0.6) is 0 Å². The van der Waals surface area contributed by atoms with Gasteiger partial charge >= 0.3 is 0 Å². The van der Waals surface area contributed by atoms with Crippen molar-refractivity contribution in [2.24, 2.45) is 7.05 Å². The monoisotopic (exact) mass is 539 g/mol. The van der Waals surface area contributed by atoms with Gasteiger partial charge in [0.2, 0.25) is 0 Å². The second-order valence-electron chi connectivity index (χ2n) is 10.1. The summed E-state index contributed by atoms with van der Waals surface area (Å²) in [5, 5.41) is 6.51. The summed E-state index contributed by atoms with van der Waals surface area (Å²) < 4.78 is 16.8. The summed E-state index contributed by atoms with van der Waals surface area (Å²) >= 11 is 0. The number of nitrogens with one attached hydrogen (secondary N) is 3. The molecule has 0 amide bonds. The van der Waals surface area contributed by atoms with E-state index in [2.05, 4.69) is 55.8 Å². The number of H-pyrrole nitrogens is 1. The Morgan fingerprint density at radius 1 is 1.10 bits per heavy atom. The van der Waals surface area contributed by atoms with Crippen LogP contribution < -0.4 is 10.6 Å². The summed E-state index contributed by atoms with van der Waals surface area (Å²) in [5.41, 5.74) is 8.67. The molecule has 0 aliphatic rings. The number of hydrogen-bond donors (Lipinski definition) is 3. The van der Waals surface area contributed by atoms with Crippen molar-refractivity contribution in [3.05, 3.63) is 108 Å². The van der Waals surface area contributed by atoms with Crippen molar-refractivity contribution in [3.8, 4) is 11.3 Å². The Balaban J connectivity index is 1.72. The van der Waals surface area contributed by atoms with Gasteiger partial charge in [-0.2, -0.15) is 0 Å². The molecular weight excluding hydrogens is 501 g/mol. The summed E-state index contributed by atoms with van der Waals surface area (Å²) in [6.07, 6.45) is 7.32. The Labute approximate surface area is 236 Å². The predicted octanol–water partition coefficient (Wildman–Crippen LogP) is 6.26. The van der Waals surface area contributed by atoms with Gasteiger partial charge in [0.1, 0.15) is 17.5 Å². The number of rotatable bonds is 11. The van der Waals surface area contributed by atoms with Crippen LogP contribution in [-0.2, 0) is 7.05 Å². The first-order chi connectivity index (χ1) is 19.1. The lowest BCUT2D eigenvalue weighted by Gasteiger charge is -2.14.